The van der Waals surface area contributed by atoms with E-state index in [4.69, 9.17) is 0 Å². The summed E-state index contributed by atoms with van der Waals surface area (Å²) in [5, 5.41) is 5.35. The van der Waals surface area contributed by atoms with Crippen molar-refractivity contribution in [1.82, 2.24) is 24.4 Å². The summed E-state index contributed by atoms with van der Waals surface area (Å²) < 4.78 is 3.57. The molecule has 1 N–H and O–H groups in total. The molecule has 0 aliphatic rings. The van der Waals surface area contributed by atoms with Crippen LogP contribution in [0.5, 0.6) is 0 Å². The lowest BCUT2D eigenvalue weighted by Crippen LogP contribution is -2.32. The topological polar surface area (TPSA) is 81.8 Å². The monoisotopic (exact) mass is 393 g/mol. The Kier molecular flexibility index (Phi) is 5.03. The molecule has 8 heteroatoms. The fourth-order valence-electron chi connectivity index (χ4n) is 3.05. The number of carbonyl (C=O) groups excluding carboxylic acids is 1. The van der Waals surface area contributed by atoms with E-state index in [0.29, 0.717) is 36.4 Å². The van der Waals surface area contributed by atoms with Gasteiger partial charge in [0.2, 0.25) is 0 Å². The van der Waals surface area contributed by atoms with E-state index in [9.17, 15) is 9.59 Å². The number of amides is 1. The smallest absolute Gasteiger partial charge is 0.262 e. The van der Waals surface area contributed by atoms with Gasteiger partial charge in [0.05, 0.1) is 11.7 Å². The average Bonchev–Trinajstić information content (AvgIpc) is 3.36. The molecule has 1 amide bonds. The quantitative estimate of drug-likeness (QED) is 0.546. The maximum Gasteiger partial charge on any atom is 0.262 e. The molecule has 0 spiro atoms. The van der Waals surface area contributed by atoms with Crippen molar-refractivity contribution in [3.05, 3.63) is 81.7 Å². The molecule has 0 aliphatic carbocycles. The summed E-state index contributed by atoms with van der Waals surface area (Å²) in [7, 11) is 0. The number of rotatable bonds is 6. The summed E-state index contributed by atoms with van der Waals surface area (Å²) in [6, 6.07) is 9.25. The number of fused-ring (bicyclic) bond motifs is 1. The first-order valence-corrected chi connectivity index (χ1v) is 9.77. The Morgan fingerprint density at radius 1 is 1.21 bits per heavy atom. The maximum absolute atomic E-state index is 12.5. The van der Waals surface area contributed by atoms with E-state index >= 15 is 0 Å². The van der Waals surface area contributed by atoms with Crippen LogP contribution in [0.3, 0.4) is 0 Å². The summed E-state index contributed by atoms with van der Waals surface area (Å²) in [5.74, 6) is 0.488. The van der Waals surface area contributed by atoms with Gasteiger partial charge in [-0.25, -0.2) is 9.97 Å². The van der Waals surface area contributed by atoms with Gasteiger partial charge in [0.15, 0.2) is 0 Å². The van der Waals surface area contributed by atoms with Crippen LogP contribution in [0.2, 0.25) is 0 Å². The van der Waals surface area contributed by atoms with Crippen molar-refractivity contribution in [2.45, 2.75) is 20.0 Å². The maximum atomic E-state index is 12.5. The molecule has 3 aromatic heterocycles. The number of benzene rings is 1. The molecule has 28 heavy (non-hydrogen) atoms. The minimum atomic E-state index is -0.163. The molecule has 4 aromatic rings. The van der Waals surface area contributed by atoms with Gasteiger partial charge >= 0.3 is 0 Å². The van der Waals surface area contributed by atoms with E-state index < -0.39 is 0 Å². The summed E-state index contributed by atoms with van der Waals surface area (Å²) >= 11 is 1.45. The van der Waals surface area contributed by atoms with Crippen LogP contribution in [0, 0.1) is 6.92 Å². The van der Waals surface area contributed by atoms with Crippen molar-refractivity contribution in [3.63, 3.8) is 0 Å². The number of aromatic nitrogens is 4. The van der Waals surface area contributed by atoms with Crippen LogP contribution in [0.4, 0.5) is 0 Å². The normalized spacial score (nSPS) is 11.0. The van der Waals surface area contributed by atoms with Gasteiger partial charge in [-0.2, -0.15) is 0 Å². The van der Waals surface area contributed by atoms with E-state index in [1.54, 1.807) is 42.2 Å². The summed E-state index contributed by atoms with van der Waals surface area (Å²) in [4.78, 5) is 34.1. The van der Waals surface area contributed by atoms with E-state index in [1.807, 2.05) is 28.3 Å². The minimum Gasteiger partial charge on any atom is -0.350 e. The van der Waals surface area contributed by atoms with Gasteiger partial charge < -0.3 is 9.88 Å². The predicted octanol–water partition coefficient (Wildman–Crippen LogP) is 2.44. The molecule has 0 atom stereocenters. The molecule has 0 fully saturated rings. The highest BCUT2D eigenvalue weighted by Crippen LogP contribution is 2.14. The number of carbonyl (C=O) groups is 1. The van der Waals surface area contributed by atoms with Crippen molar-refractivity contribution >= 4 is 27.5 Å². The largest absolute Gasteiger partial charge is 0.350 e. The minimum absolute atomic E-state index is 0.0677. The second kappa shape index (κ2) is 7.77. The molecule has 7 nitrogen and oxygen atoms in total. The summed E-state index contributed by atoms with van der Waals surface area (Å²) in [5.41, 5.74) is 1.61. The standard InChI is InChI=1S/C20H19N5O2S/c1-14-23-19-17(6-11-28-19)20(27)25(14)10-8-22-18(26)16-4-2-15(3-5-16)12-24-9-7-21-13-24/h2-7,9,11,13H,8,10,12H2,1H3,(H,22,26). The molecule has 142 valence electrons. The lowest BCUT2D eigenvalue weighted by molar-refractivity contribution is 0.0952. The van der Waals surface area contributed by atoms with Gasteiger partial charge in [-0.05, 0) is 36.1 Å². The Morgan fingerprint density at radius 2 is 2.04 bits per heavy atom. The highest BCUT2D eigenvalue weighted by Gasteiger charge is 2.10. The molecule has 0 saturated heterocycles. The second-order valence-corrected chi connectivity index (χ2v) is 7.34. The summed E-state index contributed by atoms with van der Waals surface area (Å²) in [6.45, 7) is 3.26. The van der Waals surface area contributed by atoms with Crippen molar-refractivity contribution in [3.8, 4) is 0 Å². The Hall–Kier alpha value is -3.26. The molecular weight excluding hydrogens is 374 g/mol. The highest BCUT2D eigenvalue weighted by molar-refractivity contribution is 7.16. The first kappa shape index (κ1) is 18.1. The molecule has 0 saturated carbocycles. The van der Waals surface area contributed by atoms with Crippen molar-refractivity contribution in [2.24, 2.45) is 0 Å². The SMILES string of the molecule is Cc1nc2sccc2c(=O)n1CCNC(=O)c1ccc(Cn2ccnc2)cc1. The Balaban J connectivity index is 1.37. The fraction of sp³-hybridized carbons (Fsp3) is 0.200. The molecule has 1 aromatic carbocycles. The molecule has 3 heterocycles. The van der Waals surface area contributed by atoms with Gasteiger partial charge in [0, 0.05) is 37.6 Å². The van der Waals surface area contributed by atoms with Gasteiger partial charge in [-0.15, -0.1) is 11.3 Å². The second-order valence-electron chi connectivity index (χ2n) is 6.44. The van der Waals surface area contributed by atoms with Gasteiger partial charge in [0.1, 0.15) is 10.7 Å². The first-order valence-electron chi connectivity index (χ1n) is 8.89. The lowest BCUT2D eigenvalue weighted by atomic mass is 10.1. The zero-order valence-corrected chi connectivity index (χ0v) is 16.1. The number of nitrogens with zero attached hydrogens (tertiary/aromatic N) is 4. The Morgan fingerprint density at radius 3 is 2.79 bits per heavy atom. The van der Waals surface area contributed by atoms with Gasteiger partial charge in [-0.3, -0.25) is 14.2 Å². The Labute approximate surface area is 165 Å². The third-order valence-electron chi connectivity index (χ3n) is 4.54. The predicted molar refractivity (Wildman–Crippen MR) is 109 cm³/mol. The van der Waals surface area contributed by atoms with Crippen LogP contribution in [0.15, 0.2) is 59.2 Å². The summed E-state index contributed by atoms with van der Waals surface area (Å²) in [6.07, 6.45) is 5.39. The first-order chi connectivity index (χ1) is 13.6. The van der Waals surface area contributed by atoms with Gasteiger partial charge in [-0.1, -0.05) is 12.1 Å². The Bertz CT molecular complexity index is 1160. The third kappa shape index (κ3) is 3.72. The third-order valence-corrected chi connectivity index (χ3v) is 5.34. The van der Waals surface area contributed by atoms with E-state index in [-0.39, 0.29) is 11.5 Å². The molecule has 4 rings (SSSR count). The van der Waals surface area contributed by atoms with Crippen LogP contribution >= 0.6 is 11.3 Å². The highest BCUT2D eigenvalue weighted by atomic mass is 32.1. The molecule has 0 unspecified atom stereocenters. The lowest BCUT2D eigenvalue weighted by Gasteiger charge is -2.11. The van der Waals surface area contributed by atoms with E-state index in [0.717, 1.165) is 10.4 Å². The number of thiophene rings is 1. The van der Waals surface area contributed by atoms with Crippen molar-refractivity contribution < 1.29 is 4.79 Å². The molecule has 0 bridgehead atoms. The number of imidazole rings is 1. The number of nitrogens with one attached hydrogen (secondary N) is 1. The van der Waals surface area contributed by atoms with Gasteiger partial charge in [0.25, 0.3) is 11.5 Å². The zero-order valence-electron chi connectivity index (χ0n) is 15.3. The van der Waals surface area contributed by atoms with E-state index in [2.05, 4.69) is 15.3 Å². The van der Waals surface area contributed by atoms with Crippen LogP contribution in [-0.4, -0.2) is 31.6 Å². The van der Waals surface area contributed by atoms with Crippen molar-refractivity contribution in [2.75, 3.05) is 6.54 Å². The molecular formula is C20H19N5O2S. The number of aryl methyl sites for hydroxylation is 1. The van der Waals surface area contributed by atoms with Crippen LogP contribution in [0.1, 0.15) is 21.7 Å². The average molecular weight is 393 g/mol. The number of hydrogen-bond acceptors (Lipinski definition) is 5. The van der Waals surface area contributed by atoms with Crippen molar-refractivity contribution in [1.29, 1.82) is 0 Å². The fourth-order valence-corrected chi connectivity index (χ4v) is 3.85. The molecule has 0 aliphatic heterocycles. The van der Waals surface area contributed by atoms with E-state index in [1.165, 1.54) is 11.3 Å². The zero-order chi connectivity index (χ0) is 19.5. The number of hydrogen-bond donors (Lipinski definition) is 1. The van der Waals surface area contributed by atoms with Crippen LogP contribution in [0.25, 0.3) is 10.2 Å². The van der Waals surface area contributed by atoms with Crippen LogP contribution < -0.4 is 10.9 Å². The van der Waals surface area contributed by atoms with Crippen LogP contribution in [-0.2, 0) is 13.1 Å². The molecule has 0 radical (unpaired) electrons.